The molecule has 2 aliphatic rings. The molecule has 2 heteroatoms. The summed E-state index contributed by atoms with van der Waals surface area (Å²) in [6.07, 6.45) is 0. The van der Waals surface area contributed by atoms with Crippen LogP contribution in [-0.4, -0.2) is 11.6 Å². The van der Waals surface area contributed by atoms with E-state index in [1.807, 2.05) is 24.3 Å². The topological polar surface area (TPSA) is 34.1 Å². The summed E-state index contributed by atoms with van der Waals surface area (Å²) in [6.45, 7) is 6.47. The van der Waals surface area contributed by atoms with Gasteiger partial charge in [-0.05, 0) is 41.3 Å². The fraction of sp³-hybridized carbons (Fsp3) is 0.167. The van der Waals surface area contributed by atoms with E-state index in [2.05, 4.69) is 39.0 Å². The number of aryl methyl sites for hydroxylation is 1. The van der Waals surface area contributed by atoms with Crippen LogP contribution < -0.4 is 0 Å². The molecule has 3 aromatic carbocycles. The smallest absolute Gasteiger partial charge is 0.194 e. The summed E-state index contributed by atoms with van der Waals surface area (Å²) in [4.78, 5) is 26.1. The van der Waals surface area contributed by atoms with Crippen LogP contribution in [0, 0.1) is 6.92 Å². The highest BCUT2D eigenvalue weighted by atomic mass is 16.1. The summed E-state index contributed by atoms with van der Waals surface area (Å²) < 4.78 is 0. The number of benzene rings is 3. The van der Waals surface area contributed by atoms with Crippen molar-refractivity contribution in [3.8, 4) is 11.1 Å². The Hall–Kier alpha value is -3.00. The van der Waals surface area contributed by atoms with E-state index in [1.165, 1.54) is 11.1 Å². The summed E-state index contributed by atoms with van der Waals surface area (Å²) in [5, 5.41) is 0. The molecule has 0 bridgehead atoms. The van der Waals surface area contributed by atoms with Crippen LogP contribution in [0.5, 0.6) is 0 Å². The first-order valence-corrected chi connectivity index (χ1v) is 8.88. The highest BCUT2D eigenvalue weighted by molar-refractivity contribution is 6.28. The molecule has 5 rings (SSSR count). The molecule has 0 aliphatic heterocycles. The third-order valence-electron chi connectivity index (χ3n) is 5.88. The third-order valence-corrected chi connectivity index (χ3v) is 5.88. The van der Waals surface area contributed by atoms with Crippen molar-refractivity contribution in [1.29, 1.82) is 0 Å². The van der Waals surface area contributed by atoms with Gasteiger partial charge in [0.05, 0.1) is 0 Å². The second-order valence-electron chi connectivity index (χ2n) is 7.82. The van der Waals surface area contributed by atoms with Crippen LogP contribution >= 0.6 is 0 Å². The second kappa shape index (κ2) is 4.79. The quantitative estimate of drug-likeness (QED) is 0.448. The Morgan fingerprint density at radius 3 is 1.85 bits per heavy atom. The molecule has 0 saturated carbocycles. The van der Waals surface area contributed by atoms with Gasteiger partial charge in [0.25, 0.3) is 0 Å². The van der Waals surface area contributed by atoms with Crippen molar-refractivity contribution in [3.63, 3.8) is 0 Å². The molecule has 126 valence electrons. The van der Waals surface area contributed by atoms with Gasteiger partial charge in [-0.25, -0.2) is 0 Å². The molecular weight excluding hydrogens is 320 g/mol. The molecule has 0 unspecified atom stereocenters. The lowest BCUT2D eigenvalue weighted by molar-refractivity contribution is 0.0979. The van der Waals surface area contributed by atoms with Crippen molar-refractivity contribution in [1.82, 2.24) is 0 Å². The normalized spacial score (nSPS) is 16.0. The van der Waals surface area contributed by atoms with Gasteiger partial charge >= 0.3 is 0 Å². The van der Waals surface area contributed by atoms with Gasteiger partial charge in [0.15, 0.2) is 11.6 Å². The molecule has 0 fully saturated rings. The first-order valence-electron chi connectivity index (χ1n) is 8.88. The van der Waals surface area contributed by atoms with Crippen molar-refractivity contribution < 1.29 is 9.59 Å². The lowest BCUT2D eigenvalue weighted by Crippen LogP contribution is -2.22. The van der Waals surface area contributed by atoms with Crippen molar-refractivity contribution in [2.75, 3.05) is 0 Å². The van der Waals surface area contributed by atoms with E-state index in [9.17, 15) is 9.59 Å². The van der Waals surface area contributed by atoms with E-state index in [0.717, 1.165) is 16.7 Å². The van der Waals surface area contributed by atoms with Crippen LogP contribution in [-0.2, 0) is 5.41 Å². The average molecular weight is 338 g/mol. The number of hydrogen-bond donors (Lipinski definition) is 0. The minimum Gasteiger partial charge on any atom is -0.289 e. The number of ketones is 2. The molecule has 0 heterocycles. The molecule has 26 heavy (non-hydrogen) atoms. The minimum atomic E-state index is -0.188. The fourth-order valence-corrected chi connectivity index (χ4v) is 4.44. The van der Waals surface area contributed by atoms with Crippen LogP contribution in [0.4, 0.5) is 0 Å². The van der Waals surface area contributed by atoms with Crippen LogP contribution in [0.15, 0.2) is 54.6 Å². The molecule has 2 aliphatic carbocycles. The maximum absolute atomic E-state index is 13.0. The van der Waals surface area contributed by atoms with Crippen molar-refractivity contribution >= 4 is 11.6 Å². The van der Waals surface area contributed by atoms with Gasteiger partial charge in [0.2, 0.25) is 0 Å². The Kier molecular flexibility index (Phi) is 2.81. The van der Waals surface area contributed by atoms with Gasteiger partial charge in [0, 0.05) is 27.7 Å². The Balaban J connectivity index is 1.82. The summed E-state index contributed by atoms with van der Waals surface area (Å²) >= 11 is 0. The number of fused-ring (bicyclic) bond motifs is 5. The molecule has 3 aromatic rings. The van der Waals surface area contributed by atoms with E-state index in [4.69, 9.17) is 0 Å². The Morgan fingerprint density at radius 2 is 1.19 bits per heavy atom. The largest absolute Gasteiger partial charge is 0.289 e. The standard InChI is InChI=1S/C24H18O2/c1-13-8-9-14-17-11-18-19(12-21(17)24(2,3)20(14)10-13)23(26)16-7-5-4-6-15(16)22(18)25/h4-12H,1-3H3. The molecule has 0 atom stereocenters. The number of carbonyl (C=O) groups excluding carboxylic acids is 2. The fourth-order valence-electron chi connectivity index (χ4n) is 4.44. The molecular formula is C24H18O2. The molecule has 0 aromatic heterocycles. The molecule has 0 saturated heterocycles. The SMILES string of the molecule is Cc1ccc2c(c1)C(C)(C)c1cc3c(cc1-2)C(=O)c1ccccc1C3=O. The van der Waals surface area contributed by atoms with Crippen molar-refractivity contribution in [3.05, 3.63) is 93.5 Å². The molecule has 0 spiro atoms. The van der Waals surface area contributed by atoms with E-state index in [0.29, 0.717) is 22.3 Å². The van der Waals surface area contributed by atoms with Crippen molar-refractivity contribution in [2.45, 2.75) is 26.2 Å². The average Bonchev–Trinajstić information content (AvgIpc) is 2.85. The summed E-state index contributed by atoms with van der Waals surface area (Å²) in [5.41, 5.74) is 7.72. The van der Waals surface area contributed by atoms with Crippen LogP contribution in [0.1, 0.15) is 62.4 Å². The zero-order valence-corrected chi connectivity index (χ0v) is 15.0. The number of rotatable bonds is 0. The van der Waals surface area contributed by atoms with Crippen LogP contribution in [0.2, 0.25) is 0 Å². The lowest BCUT2D eigenvalue weighted by atomic mass is 9.78. The molecule has 0 amide bonds. The summed E-state index contributed by atoms with van der Waals surface area (Å²) in [6, 6.07) is 17.4. The van der Waals surface area contributed by atoms with Gasteiger partial charge in [-0.1, -0.05) is 61.9 Å². The highest BCUT2D eigenvalue weighted by Crippen LogP contribution is 2.50. The molecule has 0 radical (unpaired) electrons. The zero-order chi connectivity index (χ0) is 18.2. The minimum absolute atomic E-state index is 0.0547. The van der Waals surface area contributed by atoms with Crippen molar-refractivity contribution in [2.24, 2.45) is 0 Å². The summed E-state index contributed by atoms with van der Waals surface area (Å²) in [5.74, 6) is -0.114. The monoisotopic (exact) mass is 338 g/mol. The Bertz CT molecular complexity index is 1150. The van der Waals surface area contributed by atoms with Gasteiger partial charge in [-0.2, -0.15) is 0 Å². The summed E-state index contributed by atoms with van der Waals surface area (Å²) in [7, 11) is 0. The maximum atomic E-state index is 13.0. The molecule has 0 N–H and O–H groups in total. The highest BCUT2D eigenvalue weighted by Gasteiger charge is 2.39. The van der Waals surface area contributed by atoms with Gasteiger partial charge < -0.3 is 0 Å². The van der Waals surface area contributed by atoms with Crippen LogP contribution in [0.3, 0.4) is 0 Å². The third kappa shape index (κ3) is 1.76. The number of hydrogen-bond acceptors (Lipinski definition) is 2. The first-order chi connectivity index (χ1) is 12.4. The van der Waals surface area contributed by atoms with E-state index < -0.39 is 0 Å². The second-order valence-corrected chi connectivity index (χ2v) is 7.82. The zero-order valence-electron chi connectivity index (χ0n) is 15.0. The number of carbonyl (C=O) groups is 2. The Labute approximate surface area is 152 Å². The van der Waals surface area contributed by atoms with E-state index >= 15 is 0 Å². The predicted molar refractivity (Wildman–Crippen MR) is 102 cm³/mol. The lowest BCUT2D eigenvalue weighted by Gasteiger charge is -2.24. The van der Waals surface area contributed by atoms with E-state index in [-0.39, 0.29) is 17.0 Å². The Morgan fingerprint density at radius 1 is 0.615 bits per heavy atom. The maximum Gasteiger partial charge on any atom is 0.194 e. The van der Waals surface area contributed by atoms with Gasteiger partial charge in [-0.15, -0.1) is 0 Å². The van der Waals surface area contributed by atoms with Gasteiger partial charge in [0.1, 0.15) is 0 Å². The molecule has 2 nitrogen and oxygen atoms in total. The predicted octanol–water partition coefficient (Wildman–Crippen LogP) is 5.08. The van der Waals surface area contributed by atoms with Gasteiger partial charge in [-0.3, -0.25) is 9.59 Å². The van der Waals surface area contributed by atoms with E-state index in [1.54, 1.807) is 12.1 Å². The van der Waals surface area contributed by atoms with Crippen LogP contribution in [0.25, 0.3) is 11.1 Å². The first kappa shape index (κ1) is 15.3.